The van der Waals surface area contributed by atoms with Crippen LogP contribution >= 0.6 is 0 Å². The number of hydrogen-bond acceptors (Lipinski definition) is 5. The van der Waals surface area contributed by atoms with Gasteiger partial charge in [-0.3, -0.25) is 9.63 Å². The van der Waals surface area contributed by atoms with Gasteiger partial charge in [-0.15, -0.1) is 0 Å². The van der Waals surface area contributed by atoms with Crippen LogP contribution in [0.5, 0.6) is 5.75 Å². The maximum atomic E-state index is 12.2. The number of amides is 1. The van der Waals surface area contributed by atoms with Crippen molar-refractivity contribution >= 4 is 22.6 Å². The van der Waals surface area contributed by atoms with Crippen molar-refractivity contribution < 1.29 is 23.9 Å². The van der Waals surface area contributed by atoms with E-state index in [0.29, 0.717) is 0 Å². The maximum Gasteiger partial charge on any atom is 0.335 e. The summed E-state index contributed by atoms with van der Waals surface area (Å²) in [6, 6.07) is 11.5. The standard InChI is InChI=1S/C20H25NO5/c1-13(19(23)21-25-12-18(22)26-20(2,3)4)14-6-7-16-11-17(24-5)9-8-15(16)10-14/h6-11,13H,12H2,1-5H3,(H,21,23)/t13-/m0/s1. The number of rotatable bonds is 6. The minimum absolute atomic E-state index is 0.332. The predicted octanol–water partition coefficient (Wildman–Crippen LogP) is 3.34. The molecule has 0 saturated heterocycles. The molecule has 0 aromatic heterocycles. The Labute approximate surface area is 153 Å². The van der Waals surface area contributed by atoms with Crippen LogP contribution in [-0.4, -0.2) is 31.2 Å². The summed E-state index contributed by atoms with van der Waals surface area (Å²) in [5.74, 6) is -0.516. The summed E-state index contributed by atoms with van der Waals surface area (Å²) in [6.45, 7) is 6.73. The van der Waals surface area contributed by atoms with Gasteiger partial charge in [0.15, 0.2) is 6.61 Å². The van der Waals surface area contributed by atoms with E-state index in [0.717, 1.165) is 22.1 Å². The topological polar surface area (TPSA) is 73.9 Å². The first kappa shape index (κ1) is 19.7. The number of methoxy groups -OCH3 is 1. The molecule has 140 valence electrons. The zero-order chi connectivity index (χ0) is 19.3. The number of esters is 1. The van der Waals surface area contributed by atoms with Crippen LogP contribution in [-0.2, 0) is 19.2 Å². The van der Waals surface area contributed by atoms with Crippen molar-refractivity contribution in [2.45, 2.75) is 39.2 Å². The lowest BCUT2D eigenvalue weighted by Gasteiger charge is -2.19. The molecule has 2 rings (SSSR count). The second-order valence-electron chi connectivity index (χ2n) is 7.04. The Balaban J connectivity index is 1.95. The molecule has 6 nitrogen and oxygen atoms in total. The second-order valence-corrected chi connectivity index (χ2v) is 7.04. The second kappa shape index (κ2) is 8.19. The van der Waals surface area contributed by atoms with Gasteiger partial charge in [0.05, 0.1) is 13.0 Å². The molecule has 6 heteroatoms. The number of carbonyl (C=O) groups excluding carboxylic acids is 2. The monoisotopic (exact) mass is 359 g/mol. The van der Waals surface area contributed by atoms with Gasteiger partial charge in [0.25, 0.3) is 5.91 Å². The molecule has 0 aliphatic rings. The van der Waals surface area contributed by atoms with E-state index in [1.165, 1.54) is 0 Å². The number of carbonyl (C=O) groups is 2. The summed E-state index contributed by atoms with van der Waals surface area (Å²) in [5, 5.41) is 2.04. The fraction of sp³-hybridized carbons (Fsp3) is 0.400. The van der Waals surface area contributed by atoms with E-state index in [4.69, 9.17) is 14.3 Å². The molecular weight excluding hydrogens is 334 g/mol. The number of hydroxylamine groups is 1. The van der Waals surface area contributed by atoms with Crippen LogP contribution in [0.4, 0.5) is 0 Å². The van der Waals surface area contributed by atoms with Gasteiger partial charge in [0.1, 0.15) is 11.4 Å². The zero-order valence-corrected chi connectivity index (χ0v) is 15.8. The molecule has 2 aromatic carbocycles. The summed E-state index contributed by atoms with van der Waals surface area (Å²) in [4.78, 5) is 28.8. The SMILES string of the molecule is COc1ccc2cc([C@H](C)C(=O)NOCC(=O)OC(C)(C)C)ccc2c1. The van der Waals surface area contributed by atoms with E-state index in [1.54, 1.807) is 34.8 Å². The number of nitrogens with one attached hydrogen (secondary N) is 1. The minimum Gasteiger partial charge on any atom is -0.497 e. The molecule has 0 spiro atoms. The van der Waals surface area contributed by atoms with Crippen molar-refractivity contribution in [2.75, 3.05) is 13.7 Å². The summed E-state index contributed by atoms with van der Waals surface area (Å²) >= 11 is 0. The quantitative estimate of drug-likeness (QED) is 0.632. The third-order valence-electron chi connectivity index (χ3n) is 3.75. The van der Waals surface area contributed by atoms with Crippen molar-refractivity contribution in [3.63, 3.8) is 0 Å². The first-order valence-corrected chi connectivity index (χ1v) is 8.41. The van der Waals surface area contributed by atoms with E-state index < -0.39 is 17.5 Å². The zero-order valence-electron chi connectivity index (χ0n) is 15.8. The lowest BCUT2D eigenvalue weighted by Crippen LogP contribution is -2.33. The first-order valence-electron chi connectivity index (χ1n) is 8.41. The van der Waals surface area contributed by atoms with Crippen molar-refractivity contribution in [1.29, 1.82) is 0 Å². The maximum absolute atomic E-state index is 12.2. The molecule has 0 aliphatic heterocycles. The minimum atomic E-state index is -0.592. The molecule has 0 unspecified atom stereocenters. The fourth-order valence-electron chi connectivity index (χ4n) is 2.42. The molecule has 2 aromatic rings. The van der Waals surface area contributed by atoms with Crippen LogP contribution in [0.3, 0.4) is 0 Å². The Kier molecular flexibility index (Phi) is 6.21. The fourth-order valence-corrected chi connectivity index (χ4v) is 2.42. The van der Waals surface area contributed by atoms with Gasteiger partial charge in [-0.1, -0.05) is 24.3 Å². The lowest BCUT2D eigenvalue weighted by atomic mass is 9.97. The summed E-state index contributed by atoms with van der Waals surface area (Å²) in [7, 11) is 1.62. The Bertz CT molecular complexity index is 794. The van der Waals surface area contributed by atoms with Crippen LogP contribution in [0.25, 0.3) is 10.8 Å². The Morgan fingerprint density at radius 2 is 1.73 bits per heavy atom. The average molecular weight is 359 g/mol. The van der Waals surface area contributed by atoms with E-state index in [-0.39, 0.29) is 12.5 Å². The van der Waals surface area contributed by atoms with Gasteiger partial charge in [-0.25, -0.2) is 10.3 Å². The lowest BCUT2D eigenvalue weighted by molar-refractivity contribution is -0.164. The van der Waals surface area contributed by atoms with Crippen LogP contribution in [0.15, 0.2) is 36.4 Å². The van der Waals surface area contributed by atoms with Gasteiger partial charge in [-0.2, -0.15) is 0 Å². The van der Waals surface area contributed by atoms with Crippen molar-refractivity contribution in [1.82, 2.24) is 5.48 Å². The predicted molar refractivity (Wildman–Crippen MR) is 98.9 cm³/mol. The highest BCUT2D eigenvalue weighted by molar-refractivity contribution is 5.88. The van der Waals surface area contributed by atoms with Crippen molar-refractivity contribution in [2.24, 2.45) is 0 Å². The van der Waals surface area contributed by atoms with Gasteiger partial charge in [-0.05, 0) is 56.2 Å². The van der Waals surface area contributed by atoms with E-state index >= 15 is 0 Å². The molecule has 0 aliphatic carbocycles. The van der Waals surface area contributed by atoms with Crippen LogP contribution < -0.4 is 10.2 Å². The molecule has 0 heterocycles. The number of benzene rings is 2. The van der Waals surface area contributed by atoms with Gasteiger partial charge in [0.2, 0.25) is 0 Å². The Morgan fingerprint density at radius 3 is 2.38 bits per heavy atom. The van der Waals surface area contributed by atoms with Crippen molar-refractivity contribution in [3.8, 4) is 5.75 Å². The van der Waals surface area contributed by atoms with Crippen molar-refractivity contribution in [3.05, 3.63) is 42.0 Å². The van der Waals surface area contributed by atoms with E-state index in [1.807, 2.05) is 36.4 Å². The van der Waals surface area contributed by atoms with Gasteiger partial charge < -0.3 is 9.47 Å². The summed E-state index contributed by atoms with van der Waals surface area (Å²) < 4.78 is 10.3. The molecule has 1 N–H and O–H groups in total. The normalized spacial score (nSPS) is 12.5. The highest BCUT2D eigenvalue weighted by atomic mass is 16.7. The number of fused-ring (bicyclic) bond motifs is 1. The van der Waals surface area contributed by atoms with E-state index in [9.17, 15) is 9.59 Å². The summed E-state index contributed by atoms with van der Waals surface area (Å²) in [6.07, 6.45) is 0. The van der Waals surface area contributed by atoms with Gasteiger partial charge in [0, 0.05) is 0 Å². The molecule has 1 amide bonds. The molecule has 0 fully saturated rings. The third kappa shape index (κ3) is 5.46. The highest BCUT2D eigenvalue weighted by Crippen LogP contribution is 2.25. The average Bonchev–Trinajstić information content (AvgIpc) is 2.58. The van der Waals surface area contributed by atoms with E-state index in [2.05, 4.69) is 5.48 Å². The smallest absolute Gasteiger partial charge is 0.335 e. The van der Waals surface area contributed by atoms with Crippen LogP contribution in [0, 0.1) is 0 Å². The van der Waals surface area contributed by atoms with Crippen LogP contribution in [0.2, 0.25) is 0 Å². The summed E-state index contributed by atoms with van der Waals surface area (Å²) in [5.41, 5.74) is 2.56. The number of ether oxygens (including phenoxy) is 2. The van der Waals surface area contributed by atoms with Crippen LogP contribution in [0.1, 0.15) is 39.2 Å². The van der Waals surface area contributed by atoms with Gasteiger partial charge >= 0.3 is 5.97 Å². The molecule has 0 radical (unpaired) electrons. The molecule has 0 saturated carbocycles. The molecule has 1 atom stereocenters. The molecule has 26 heavy (non-hydrogen) atoms. The highest BCUT2D eigenvalue weighted by Gasteiger charge is 2.19. The third-order valence-corrected chi connectivity index (χ3v) is 3.75. The number of hydrogen-bond donors (Lipinski definition) is 1. The molecular formula is C20H25NO5. The first-order chi connectivity index (χ1) is 12.2. The Morgan fingerprint density at radius 1 is 1.08 bits per heavy atom. The Hall–Kier alpha value is -2.60. The molecule has 0 bridgehead atoms. The largest absolute Gasteiger partial charge is 0.497 e.